The van der Waals surface area contributed by atoms with E-state index < -0.39 is 0 Å². The van der Waals surface area contributed by atoms with Crippen LogP contribution in [0.5, 0.6) is 0 Å². The molecule has 3 rings (SSSR count). The maximum absolute atomic E-state index is 12.2. The number of hydrogen-bond donors (Lipinski definition) is 1. The van der Waals surface area contributed by atoms with E-state index in [0.717, 1.165) is 34.3 Å². The Bertz CT molecular complexity index is 853. The van der Waals surface area contributed by atoms with Gasteiger partial charge >= 0.3 is 0 Å². The highest BCUT2D eigenvalue weighted by molar-refractivity contribution is 7.99. The smallest absolute Gasteiger partial charge is 0.231 e. The molecule has 0 aliphatic carbocycles. The summed E-state index contributed by atoms with van der Waals surface area (Å²) in [6.07, 6.45) is 0. The zero-order valence-electron chi connectivity index (χ0n) is 14.1. The van der Waals surface area contributed by atoms with Gasteiger partial charge < -0.3 is 14.3 Å². The van der Waals surface area contributed by atoms with E-state index in [-0.39, 0.29) is 11.9 Å². The summed E-state index contributed by atoms with van der Waals surface area (Å²) in [6.45, 7) is 6.72. The van der Waals surface area contributed by atoms with E-state index in [1.807, 2.05) is 44.2 Å². The molecule has 0 bridgehead atoms. The average Bonchev–Trinajstić information content (AvgIpc) is 3.15. The summed E-state index contributed by atoms with van der Waals surface area (Å²) in [7, 11) is 0. The zero-order valence-corrected chi connectivity index (χ0v) is 14.9. The number of aromatic nitrogens is 2. The Morgan fingerprint density at radius 1 is 1.33 bits per heavy atom. The molecule has 2 heterocycles. The standard InChI is InChI=1S/C18H21N3O2S/c1-4-21-15-8-6-5-7-14(15)20-18(21)24-11-17(22)19-13(3)16-10-9-12(2)23-16/h5-10,13H,4,11H2,1-3H3,(H,19,22). The van der Waals surface area contributed by atoms with E-state index in [9.17, 15) is 4.79 Å². The molecular formula is C18H21N3O2S. The summed E-state index contributed by atoms with van der Waals surface area (Å²) in [4.78, 5) is 16.8. The quantitative estimate of drug-likeness (QED) is 0.689. The zero-order chi connectivity index (χ0) is 17.1. The minimum Gasteiger partial charge on any atom is -0.464 e. The van der Waals surface area contributed by atoms with Gasteiger partial charge in [-0.25, -0.2) is 4.98 Å². The molecule has 24 heavy (non-hydrogen) atoms. The van der Waals surface area contributed by atoms with Gasteiger partial charge in [0.1, 0.15) is 11.5 Å². The lowest BCUT2D eigenvalue weighted by molar-refractivity contribution is -0.119. The number of aryl methyl sites for hydroxylation is 2. The number of carbonyl (C=O) groups excluding carboxylic acids is 1. The average molecular weight is 343 g/mol. The van der Waals surface area contributed by atoms with Crippen molar-refractivity contribution < 1.29 is 9.21 Å². The fourth-order valence-electron chi connectivity index (χ4n) is 2.64. The number of para-hydroxylation sites is 2. The molecule has 1 N–H and O–H groups in total. The third-order valence-electron chi connectivity index (χ3n) is 3.83. The second kappa shape index (κ2) is 7.13. The summed E-state index contributed by atoms with van der Waals surface area (Å²) < 4.78 is 7.68. The fraction of sp³-hybridized carbons (Fsp3) is 0.333. The van der Waals surface area contributed by atoms with Crippen molar-refractivity contribution in [1.82, 2.24) is 14.9 Å². The summed E-state index contributed by atoms with van der Waals surface area (Å²) in [5, 5.41) is 3.83. The first kappa shape index (κ1) is 16.6. The lowest BCUT2D eigenvalue weighted by Gasteiger charge is -2.11. The second-order valence-corrected chi connectivity index (χ2v) is 6.60. The van der Waals surface area contributed by atoms with Crippen molar-refractivity contribution >= 4 is 28.7 Å². The van der Waals surface area contributed by atoms with Crippen molar-refractivity contribution in [3.05, 3.63) is 47.9 Å². The molecule has 2 aromatic heterocycles. The molecule has 3 aromatic rings. The SMILES string of the molecule is CCn1c(SCC(=O)NC(C)c2ccc(C)o2)nc2ccccc21. The largest absolute Gasteiger partial charge is 0.464 e. The summed E-state index contributed by atoms with van der Waals surface area (Å²) in [6, 6.07) is 11.7. The topological polar surface area (TPSA) is 60.1 Å². The number of nitrogens with one attached hydrogen (secondary N) is 1. The van der Waals surface area contributed by atoms with E-state index in [4.69, 9.17) is 4.42 Å². The van der Waals surface area contributed by atoms with Gasteiger partial charge in [-0.2, -0.15) is 0 Å². The van der Waals surface area contributed by atoms with Crippen LogP contribution in [0, 0.1) is 6.92 Å². The van der Waals surface area contributed by atoms with Gasteiger partial charge in [0, 0.05) is 6.54 Å². The lowest BCUT2D eigenvalue weighted by Crippen LogP contribution is -2.28. The van der Waals surface area contributed by atoms with Crippen LogP contribution in [0.15, 0.2) is 46.0 Å². The monoisotopic (exact) mass is 343 g/mol. The van der Waals surface area contributed by atoms with Crippen LogP contribution >= 0.6 is 11.8 Å². The van der Waals surface area contributed by atoms with Crippen LogP contribution in [-0.4, -0.2) is 21.2 Å². The normalized spacial score (nSPS) is 12.5. The van der Waals surface area contributed by atoms with Gasteiger partial charge in [-0.3, -0.25) is 4.79 Å². The minimum absolute atomic E-state index is 0.0312. The Kier molecular flexibility index (Phi) is 4.94. The Morgan fingerprint density at radius 2 is 2.12 bits per heavy atom. The van der Waals surface area contributed by atoms with Crippen molar-refractivity contribution in [3.63, 3.8) is 0 Å². The number of furan rings is 1. The molecule has 0 saturated carbocycles. The number of carbonyl (C=O) groups is 1. The van der Waals surface area contributed by atoms with Crippen LogP contribution in [0.25, 0.3) is 11.0 Å². The maximum Gasteiger partial charge on any atom is 0.231 e. The molecule has 0 aliphatic heterocycles. The molecule has 5 nitrogen and oxygen atoms in total. The number of imidazole rings is 1. The predicted molar refractivity (Wildman–Crippen MR) is 96.1 cm³/mol. The Balaban J connectivity index is 1.64. The first-order valence-electron chi connectivity index (χ1n) is 8.02. The van der Waals surface area contributed by atoms with Gasteiger partial charge in [-0.15, -0.1) is 0 Å². The molecule has 126 valence electrons. The molecule has 1 unspecified atom stereocenters. The first-order chi connectivity index (χ1) is 11.6. The van der Waals surface area contributed by atoms with Gasteiger partial charge in [-0.05, 0) is 45.0 Å². The van der Waals surface area contributed by atoms with E-state index >= 15 is 0 Å². The number of fused-ring (bicyclic) bond motifs is 1. The molecule has 0 fully saturated rings. The number of hydrogen-bond acceptors (Lipinski definition) is 4. The molecule has 1 aromatic carbocycles. The summed E-state index contributed by atoms with van der Waals surface area (Å²) in [5.41, 5.74) is 2.06. The molecule has 1 atom stereocenters. The molecule has 6 heteroatoms. The van der Waals surface area contributed by atoms with Crippen LogP contribution in [0.3, 0.4) is 0 Å². The molecule has 0 radical (unpaired) electrons. The van der Waals surface area contributed by atoms with Crippen molar-refractivity contribution in [3.8, 4) is 0 Å². The fourth-order valence-corrected chi connectivity index (χ4v) is 3.53. The molecular weight excluding hydrogens is 322 g/mol. The van der Waals surface area contributed by atoms with Crippen LogP contribution in [0.2, 0.25) is 0 Å². The van der Waals surface area contributed by atoms with Gasteiger partial charge in [0.2, 0.25) is 5.91 Å². The third-order valence-corrected chi connectivity index (χ3v) is 4.81. The maximum atomic E-state index is 12.2. The minimum atomic E-state index is -0.142. The van der Waals surface area contributed by atoms with Gasteiger partial charge in [-0.1, -0.05) is 23.9 Å². The van der Waals surface area contributed by atoms with Crippen molar-refractivity contribution in [2.45, 2.75) is 38.5 Å². The highest BCUT2D eigenvalue weighted by atomic mass is 32.2. The van der Waals surface area contributed by atoms with E-state index in [2.05, 4.69) is 27.9 Å². The number of rotatable bonds is 6. The number of amides is 1. The number of nitrogens with zero attached hydrogens (tertiary/aromatic N) is 2. The first-order valence-corrected chi connectivity index (χ1v) is 9.00. The lowest BCUT2D eigenvalue weighted by atomic mass is 10.2. The predicted octanol–water partition coefficient (Wildman–Crippen LogP) is 3.93. The molecule has 0 aliphatic rings. The molecule has 0 saturated heterocycles. The van der Waals surface area contributed by atoms with Crippen LogP contribution in [-0.2, 0) is 11.3 Å². The second-order valence-electron chi connectivity index (χ2n) is 5.65. The number of benzene rings is 1. The van der Waals surface area contributed by atoms with E-state index in [1.165, 1.54) is 11.8 Å². The van der Waals surface area contributed by atoms with Gasteiger partial charge in [0.25, 0.3) is 0 Å². The van der Waals surface area contributed by atoms with Crippen molar-refractivity contribution in [1.29, 1.82) is 0 Å². The van der Waals surface area contributed by atoms with Gasteiger partial charge in [0.05, 0.1) is 22.8 Å². The molecule has 1 amide bonds. The van der Waals surface area contributed by atoms with Crippen LogP contribution in [0.1, 0.15) is 31.4 Å². The van der Waals surface area contributed by atoms with E-state index in [0.29, 0.717) is 5.75 Å². The Morgan fingerprint density at radius 3 is 2.83 bits per heavy atom. The molecule has 0 spiro atoms. The number of thioether (sulfide) groups is 1. The third kappa shape index (κ3) is 3.48. The van der Waals surface area contributed by atoms with Crippen molar-refractivity contribution in [2.24, 2.45) is 0 Å². The summed E-state index contributed by atoms with van der Waals surface area (Å²) in [5.74, 6) is 1.91. The van der Waals surface area contributed by atoms with Crippen LogP contribution < -0.4 is 5.32 Å². The Hall–Kier alpha value is -2.21. The summed E-state index contributed by atoms with van der Waals surface area (Å²) >= 11 is 1.46. The Labute approximate surface area is 145 Å². The van der Waals surface area contributed by atoms with Crippen LogP contribution in [0.4, 0.5) is 0 Å². The van der Waals surface area contributed by atoms with Gasteiger partial charge in [0.15, 0.2) is 5.16 Å². The van der Waals surface area contributed by atoms with Crippen molar-refractivity contribution in [2.75, 3.05) is 5.75 Å². The highest BCUT2D eigenvalue weighted by Crippen LogP contribution is 2.24. The van der Waals surface area contributed by atoms with E-state index in [1.54, 1.807) is 0 Å². The highest BCUT2D eigenvalue weighted by Gasteiger charge is 2.15.